The summed E-state index contributed by atoms with van der Waals surface area (Å²) in [7, 11) is 0. The molecule has 1 aromatic carbocycles. The third-order valence-corrected chi connectivity index (χ3v) is 3.46. The smallest absolute Gasteiger partial charge is 0.137 e. The number of nitriles is 1. The number of pyridine rings is 1. The minimum Gasteiger partial charge on any atom is -0.305 e. The number of aryl methyl sites for hydroxylation is 1. The number of rotatable bonds is 1. The molecule has 2 heterocycles. The van der Waals surface area contributed by atoms with Gasteiger partial charge in [-0.1, -0.05) is 17.7 Å². The van der Waals surface area contributed by atoms with Crippen LogP contribution in [0.1, 0.15) is 11.1 Å². The van der Waals surface area contributed by atoms with E-state index < -0.39 is 0 Å². The first kappa shape index (κ1) is 11.8. The van der Waals surface area contributed by atoms with E-state index in [2.05, 4.69) is 11.1 Å². The summed E-state index contributed by atoms with van der Waals surface area (Å²) in [6.07, 6.45) is 3.69. The molecule has 0 aliphatic carbocycles. The zero-order valence-corrected chi connectivity index (χ0v) is 11.0. The molecular formula is C15H10ClN3. The van der Waals surface area contributed by atoms with Crippen molar-refractivity contribution in [2.24, 2.45) is 0 Å². The van der Waals surface area contributed by atoms with E-state index in [9.17, 15) is 0 Å². The quantitative estimate of drug-likeness (QED) is 0.672. The van der Waals surface area contributed by atoms with Crippen molar-refractivity contribution < 1.29 is 0 Å². The summed E-state index contributed by atoms with van der Waals surface area (Å²) in [5.74, 6) is 0. The summed E-state index contributed by atoms with van der Waals surface area (Å²) in [6.45, 7) is 1.97. The number of halogens is 1. The third-order valence-electron chi connectivity index (χ3n) is 3.03. The van der Waals surface area contributed by atoms with Crippen LogP contribution in [-0.4, -0.2) is 9.38 Å². The van der Waals surface area contributed by atoms with E-state index in [1.54, 1.807) is 12.3 Å². The summed E-state index contributed by atoms with van der Waals surface area (Å²) in [5.41, 5.74) is 4.35. The first-order chi connectivity index (χ1) is 9.17. The number of aromatic nitrogens is 2. The first-order valence-corrected chi connectivity index (χ1v) is 6.20. The van der Waals surface area contributed by atoms with E-state index in [4.69, 9.17) is 16.9 Å². The molecule has 0 saturated carbocycles. The maximum Gasteiger partial charge on any atom is 0.137 e. The maximum atomic E-state index is 8.89. The predicted molar refractivity (Wildman–Crippen MR) is 75.1 cm³/mol. The highest BCUT2D eigenvalue weighted by Crippen LogP contribution is 2.24. The van der Waals surface area contributed by atoms with Crippen LogP contribution in [0.25, 0.3) is 16.9 Å². The summed E-state index contributed by atoms with van der Waals surface area (Å²) in [4.78, 5) is 4.54. The fraction of sp³-hybridized carbons (Fsp3) is 0.0667. The van der Waals surface area contributed by atoms with Crippen molar-refractivity contribution in [3.8, 4) is 17.3 Å². The van der Waals surface area contributed by atoms with Crippen molar-refractivity contribution in [3.05, 3.63) is 58.9 Å². The second-order valence-electron chi connectivity index (χ2n) is 4.39. The number of nitrogens with zero attached hydrogens (tertiary/aromatic N) is 3. The molecule has 3 rings (SSSR count). The topological polar surface area (TPSA) is 41.1 Å². The molecule has 0 atom stereocenters. The Morgan fingerprint density at radius 2 is 2.05 bits per heavy atom. The molecule has 3 aromatic rings. The Morgan fingerprint density at radius 1 is 1.21 bits per heavy atom. The highest BCUT2D eigenvalue weighted by atomic mass is 35.5. The molecule has 19 heavy (non-hydrogen) atoms. The molecule has 0 spiro atoms. The van der Waals surface area contributed by atoms with Crippen molar-refractivity contribution >= 4 is 17.2 Å². The largest absolute Gasteiger partial charge is 0.305 e. The van der Waals surface area contributed by atoms with E-state index in [1.807, 2.05) is 41.8 Å². The summed E-state index contributed by atoms with van der Waals surface area (Å²) in [5, 5.41) is 9.64. The minimum absolute atomic E-state index is 0.615. The van der Waals surface area contributed by atoms with Crippen LogP contribution in [-0.2, 0) is 0 Å². The summed E-state index contributed by atoms with van der Waals surface area (Å²) < 4.78 is 1.86. The molecule has 0 aliphatic heterocycles. The number of imidazole rings is 1. The van der Waals surface area contributed by atoms with Crippen LogP contribution >= 0.6 is 11.6 Å². The molecule has 92 valence electrons. The van der Waals surface area contributed by atoms with Gasteiger partial charge in [0.1, 0.15) is 11.7 Å². The highest BCUT2D eigenvalue weighted by molar-refractivity contribution is 6.31. The van der Waals surface area contributed by atoms with Gasteiger partial charge in [-0.2, -0.15) is 5.26 Å². The molecule has 0 radical (unpaired) electrons. The van der Waals surface area contributed by atoms with Gasteiger partial charge in [-0.3, -0.25) is 0 Å². The fourth-order valence-corrected chi connectivity index (χ4v) is 2.12. The summed E-state index contributed by atoms with van der Waals surface area (Å²) in [6, 6.07) is 11.5. The number of fused-ring (bicyclic) bond motifs is 1. The SMILES string of the molecule is Cc1cc(-c2cn3cc(C#N)ccc3n2)ccc1Cl. The zero-order valence-electron chi connectivity index (χ0n) is 10.3. The van der Waals surface area contributed by atoms with Gasteiger partial charge in [0.2, 0.25) is 0 Å². The predicted octanol–water partition coefficient (Wildman–Crippen LogP) is 3.83. The molecule has 0 fully saturated rings. The van der Waals surface area contributed by atoms with Gasteiger partial charge < -0.3 is 4.40 Å². The molecule has 4 heteroatoms. The monoisotopic (exact) mass is 267 g/mol. The van der Waals surface area contributed by atoms with Crippen LogP contribution in [0.5, 0.6) is 0 Å². The molecular weight excluding hydrogens is 258 g/mol. The lowest BCUT2D eigenvalue weighted by Crippen LogP contribution is -1.83. The molecule has 0 amide bonds. The molecule has 2 aromatic heterocycles. The molecule has 0 unspecified atom stereocenters. The fourth-order valence-electron chi connectivity index (χ4n) is 2.00. The van der Waals surface area contributed by atoms with Gasteiger partial charge in [-0.05, 0) is 36.8 Å². The van der Waals surface area contributed by atoms with Crippen molar-refractivity contribution in [1.82, 2.24) is 9.38 Å². The van der Waals surface area contributed by atoms with Gasteiger partial charge in [0.25, 0.3) is 0 Å². The van der Waals surface area contributed by atoms with E-state index in [1.165, 1.54) is 0 Å². The van der Waals surface area contributed by atoms with Gasteiger partial charge in [0, 0.05) is 23.0 Å². The van der Waals surface area contributed by atoms with Crippen LogP contribution in [0, 0.1) is 18.3 Å². The number of hydrogen-bond acceptors (Lipinski definition) is 2. The van der Waals surface area contributed by atoms with Crippen molar-refractivity contribution in [2.45, 2.75) is 6.92 Å². The minimum atomic E-state index is 0.615. The second-order valence-corrected chi connectivity index (χ2v) is 4.79. The van der Waals surface area contributed by atoms with Crippen molar-refractivity contribution in [3.63, 3.8) is 0 Å². The lowest BCUT2D eigenvalue weighted by Gasteiger charge is -2.00. The lowest BCUT2D eigenvalue weighted by molar-refractivity contribution is 1.17. The number of hydrogen-bond donors (Lipinski definition) is 0. The Hall–Kier alpha value is -2.31. The Kier molecular flexibility index (Phi) is 2.73. The van der Waals surface area contributed by atoms with E-state index in [0.29, 0.717) is 5.56 Å². The Bertz CT molecular complexity index is 812. The average molecular weight is 268 g/mol. The van der Waals surface area contributed by atoms with Crippen molar-refractivity contribution in [1.29, 1.82) is 5.26 Å². The second kappa shape index (κ2) is 4.42. The van der Waals surface area contributed by atoms with Gasteiger partial charge in [0.15, 0.2) is 0 Å². The highest BCUT2D eigenvalue weighted by Gasteiger charge is 2.06. The van der Waals surface area contributed by atoms with Crippen LogP contribution in [0.15, 0.2) is 42.7 Å². The third kappa shape index (κ3) is 2.07. The summed E-state index contributed by atoms with van der Waals surface area (Å²) >= 11 is 6.02. The zero-order chi connectivity index (χ0) is 13.4. The van der Waals surface area contributed by atoms with Crippen LogP contribution in [0.3, 0.4) is 0 Å². The Balaban J connectivity index is 2.15. The first-order valence-electron chi connectivity index (χ1n) is 5.83. The lowest BCUT2D eigenvalue weighted by atomic mass is 10.1. The molecule has 0 saturated heterocycles. The average Bonchev–Trinajstić information content (AvgIpc) is 2.84. The van der Waals surface area contributed by atoms with Crippen molar-refractivity contribution in [2.75, 3.05) is 0 Å². The Morgan fingerprint density at radius 3 is 2.79 bits per heavy atom. The van der Waals surface area contributed by atoms with Crippen LogP contribution < -0.4 is 0 Å². The molecule has 0 bridgehead atoms. The van der Waals surface area contributed by atoms with E-state index in [0.717, 1.165) is 27.5 Å². The van der Waals surface area contributed by atoms with Crippen LogP contribution in [0.2, 0.25) is 5.02 Å². The molecule has 0 aliphatic rings. The van der Waals surface area contributed by atoms with Gasteiger partial charge in [0.05, 0.1) is 11.3 Å². The van der Waals surface area contributed by atoms with Gasteiger partial charge >= 0.3 is 0 Å². The maximum absolute atomic E-state index is 8.89. The van der Waals surface area contributed by atoms with E-state index >= 15 is 0 Å². The van der Waals surface area contributed by atoms with Gasteiger partial charge in [-0.15, -0.1) is 0 Å². The standard InChI is InChI=1S/C15H10ClN3/c1-10-6-12(3-4-13(10)16)14-9-19-8-11(7-17)2-5-15(19)18-14/h2-6,8-9H,1H3. The molecule has 0 N–H and O–H groups in total. The van der Waals surface area contributed by atoms with Gasteiger partial charge in [-0.25, -0.2) is 4.98 Å². The van der Waals surface area contributed by atoms with Crippen LogP contribution in [0.4, 0.5) is 0 Å². The normalized spacial score (nSPS) is 10.6. The molecule has 3 nitrogen and oxygen atoms in total. The number of benzene rings is 1. The Labute approximate surface area is 115 Å². The van der Waals surface area contributed by atoms with E-state index in [-0.39, 0.29) is 0 Å².